The number of fused-ring (bicyclic) bond motifs is 1. The molecule has 4 rings (SSSR count). The van der Waals surface area contributed by atoms with Gasteiger partial charge in [0.15, 0.2) is 0 Å². The Labute approximate surface area is 179 Å². The number of piperidine rings is 1. The number of hydrogen-bond acceptors (Lipinski definition) is 3. The Balaban J connectivity index is 1.86. The van der Waals surface area contributed by atoms with Crippen molar-refractivity contribution in [1.82, 2.24) is 4.90 Å². The van der Waals surface area contributed by atoms with Crippen molar-refractivity contribution in [3.05, 3.63) is 71.8 Å². The van der Waals surface area contributed by atoms with Crippen molar-refractivity contribution in [2.75, 3.05) is 0 Å². The normalized spacial score (nSPS) is 23.6. The lowest BCUT2D eigenvalue weighted by atomic mass is 9.69. The van der Waals surface area contributed by atoms with Crippen molar-refractivity contribution in [3.63, 3.8) is 0 Å². The van der Waals surface area contributed by atoms with Crippen LogP contribution in [0.5, 0.6) is 0 Å². The number of cyclic esters (lactones) is 1. The summed E-state index contributed by atoms with van der Waals surface area (Å²) in [6.07, 6.45) is 2.29. The monoisotopic (exact) mass is 407 g/mol. The molecule has 2 saturated heterocycles. The number of aliphatic hydroxyl groups is 1. The maximum Gasteiger partial charge on any atom is 0.411 e. The summed E-state index contributed by atoms with van der Waals surface area (Å²) in [5.74, 6) is 0.383. The molecular weight excluding hydrogens is 374 g/mol. The molecule has 160 valence electrons. The third-order valence-corrected chi connectivity index (χ3v) is 7.34. The maximum absolute atomic E-state index is 13.3. The molecule has 2 aromatic rings. The third-order valence-electron chi connectivity index (χ3n) is 7.34. The highest BCUT2D eigenvalue weighted by atomic mass is 16.6. The van der Waals surface area contributed by atoms with Crippen LogP contribution in [0.15, 0.2) is 60.7 Å². The van der Waals surface area contributed by atoms with E-state index in [1.54, 1.807) is 0 Å². The molecule has 2 heterocycles. The van der Waals surface area contributed by atoms with Crippen LogP contribution < -0.4 is 0 Å². The number of hydrogen-bond donors (Lipinski definition) is 1. The van der Waals surface area contributed by atoms with Crippen LogP contribution >= 0.6 is 0 Å². The molecule has 0 aliphatic carbocycles. The van der Waals surface area contributed by atoms with Crippen LogP contribution in [0.4, 0.5) is 4.79 Å². The smallest absolute Gasteiger partial charge is 0.411 e. The Bertz CT molecular complexity index is 830. The quantitative estimate of drug-likeness (QED) is 0.727. The van der Waals surface area contributed by atoms with E-state index in [9.17, 15) is 9.90 Å². The lowest BCUT2D eigenvalue weighted by Gasteiger charge is -2.49. The number of ether oxygens (including phenoxy) is 1. The second-order valence-corrected chi connectivity index (χ2v) is 9.40. The summed E-state index contributed by atoms with van der Waals surface area (Å²) in [6.45, 7) is 8.56. The first-order valence-electron chi connectivity index (χ1n) is 11.2. The SMILES string of the molecule is CC(C)C1(C(C)C)OC(=O)N2[C@H]1CCC[C@@H]2C(O)(c1ccccc1)c1ccccc1. The van der Waals surface area contributed by atoms with Crippen molar-refractivity contribution in [1.29, 1.82) is 0 Å². The molecule has 0 saturated carbocycles. The standard InChI is InChI=1S/C26H33NO3/c1-18(2)26(19(3)4)23-17-11-16-22(27(23)24(28)30-26)25(29,20-12-7-5-8-13-20)21-14-9-6-10-15-21/h5-10,12-15,18-19,22-23,29H,11,16-17H2,1-4H3/t22-,23+/m1/s1. The highest BCUT2D eigenvalue weighted by Crippen LogP contribution is 2.51. The van der Waals surface area contributed by atoms with Crippen molar-refractivity contribution in [2.24, 2.45) is 11.8 Å². The van der Waals surface area contributed by atoms with E-state index in [4.69, 9.17) is 4.74 Å². The Morgan fingerprint density at radius 3 is 1.90 bits per heavy atom. The van der Waals surface area contributed by atoms with Gasteiger partial charge in [-0.25, -0.2) is 4.79 Å². The first kappa shape index (κ1) is 20.9. The van der Waals surface area contributed by atoms with Gasteiger partial charge in [-0.3, -0.25) is 4.90 Å². The number of nitrogens with zero attached hydrogens (tertiary/aromatic N) is 1. The molecule has 30 heavy (non-hydrogen) atoms. The first-order chi connectivity index (χ1) is 14.3. The number of rotatable bonds is 5. The van der Waals surface area contributed by atoms with E-state index in [0.29, 0.717) is 0 Å². The fraction of sp³-hybridized carbons (Fsp3) is 0.500. The highest BCUT2D eigenvalue weighted by molar-refractivity contribution is 5.73. The van der Waals surface area contributed by atoms with Gasteiger partial charge in [-0.05, 0) is 42.2 Å². The fourth-order valence-electron chi connectivity index (χ4n) is 5.99. The topological polar surface area (TPSA) is 49.8 Å². The van der Waals surface area contributed by atoms with Gasteiger partial charge in [0.05, 0.1) is 12.1 Å². The zero-order chi connectivity index (χ0) is 21.5. The number of carbonyl (C=O) groups is 1. The average Bonchev–Trinajstić information content (AvgIpc) is 3.08. The summed E-state index contributed by atoms with van der Waals surface area (Å²) in [5, 5.41) is 12.3. The van der Waals surface area contributed by atoms with E-state index < -0.39 is 11.2 Å². The van der Waals surface area contributed by atoms with Crippen molar-refractivity contribution >= 4 is 6.09 Å². The highest BCUT2D eigenvalue weighted by Gasteiger charge is 2.62. The Morgan fingerprint density at radius 1 is 0.933 bits per heavy atom. The number of benzene rings is 2. The maximum atomic E-state index is 13.3. The Morgan fingerprint density at radius 2 is 1.43 bits per heavy atom. The van der Waals surface area contributed by atoms with Gasteiger partial charge in [-0.15, -0.1) is 0 Å². The van der Waals surface area contributed by atoms with Crippen LogP contribution in [0.3, 0.4) is 0 Å². The van der Waals surface area contributed by atoms with Gasteiger partial charge in [0.1, 0.15) is 11.2 Å². The minimum absolute atomic E-state index is 0.0392. The van der Waals surface area contributed by atoms with E-state index in [1.165, 1.54) is 0 Å². The molecule has 1 amide bonds. The molecule has 2 atom stereocenters. The molecule has 2 aliphatic rings. The molecule has 0 spiro atoms. The molecular formula is C26H33NO3. The van der Waals surface area contributed by atoms with Gasteiger partial charge in [-0.1, -0.05) is 88.4 Å². The molecule has 0 radical (unpaired) electrons. The van der Waals surface area contributed by atoms with E-state index >= 15 is 0 Å². The largest absolute Gasteiger partial charge is 0.440 e. The summed E-state index contributed by atoms with van der Waals surface area (Å²) in [4.78, 5) is 15.2. The van der Waals surface area contributed by atoms with E-state index in [2.05, 4.69) is 27.7 Å². The lowest BCUT2D eigenvalue weighted by molar-refractivity contribution is -0.0721. The van der Waals surface area contributed by atoms with Crippen molar-refractivity contribution < 1.29 is 14.6 Å². The van der Waals surface area contributed by atoms with E-state index in [1.807, 2.05) is 65.6 Å². The van der Waals surface area contributed by atoms with Crippen LogP contribution in [-0.2, 0) is 10.3 Å². The lowest BCUT2D eigenvalue weighted by Crippen LogP contribution is -2.61. The van der Waals surface area contributed by atoms with Gasteiger partial charge < -0.3 is 9.84 Å². The molecule has 4 nitrogen and oxygen atoms in total. The number of amides is 1. The molecule has 0 bridgehead atoms. The van der Waals surface area contributed by atoms with Gasteiger partial charge in [0, 0.05) is 0 Å². The van der Waals surface area contributed by atoms with Gasteiger partial charge in [0.2, 0.25) is 0 Å². The first-order valence-corrected chi connectivity index (χ1v) is 11.2. The second kappa shape index (κ2) is 7.73. The minimum atomic E-state index is -1.30. The number of carbonyl (C=O) groups excluding carboxylic acids is 1. The van der Waals surface area contributed by atoms with Crippen LogP contribution in [0.2, 0.25) is 0 Å². The summed E-state index contributed by atoms with van der Waals surface area (Å²) in [7, 11) is 0. The van der Waals surface area contributed by atoms with Crippen molar-refractivity contribution in [3.8, 4) is 0 Å². The van der Waals surface area contributed by atoms with Crippen LogP contribution in [0.25, 0.3) is 0 Å². The van der Waals surface area contributed by atoms with Gasteiger partial charge >= 0.3 is 6.09 Å². The third kappa shape index (κ3) is 2.96. The molecule has 1 N–H and O–H groups in total. The summed E-state index contributed by atoms with van der Waals surface area (Å²) in [5.41, 5.74) is -0.226. The van der Waals surface area contributed by atoms with Crippen LogP contribution in [0.1, 0.15) is 58.1 Å². The molecule has 2 fully saturated rings. The molecule has 0 aromatic heterocycles. The molecule has 4 heteroatoms. The fourth-order valence-corrected chi connectivity index (χ4v) is 5.99. The van der Waals surface area contributed by atoms with Crippen LogP contribution in [-0.4, -0.2) is 33.8 Å². The van der Waals surface area contributed by atoms with E-state index in [0.717, 1.165) is 30.4 Å². The molecule has 2 aliphatic heterocycles. The second-order valence-electron chi connectivity index (χ2n) is 9.40. The molecule has 2 aromatic carbocycles. The van der Waals surface area contributed by atoms with Crippen LogP contribution in [0, 0.1) is 11.8 Å². The summed E-state index contributed by atoms with van der Waals surface area (Å²) < 4.78 is 6.19. The summed E-state index contributed by atoms with van der Waals surface area (Å²) >= 11 is 0. The van der Waals surface area contributed by atoms with Gasteiger partial charge in [0.25, 0.3) is 0 Å². The Kier molecular flexibility index (Phi) is 5.39. The zero-order valence-electron chi connectivity index (χ0n) is 18.4. The predicted octanol–water partition coefficient (Wildman–Crippen LogP) is 5.35. The average molecular weight is 408 g/mol. The van der Waals surface area contributed by atoms with E-state index in [-0.39, 0.29) is 30.0 Å². The summed E-state index contributed by atoms with van der Waals surface area (Å²) in [6, 6.07) is 19.1. The van der Waals surface area contributed by atoms with Crippen molar-refractivity contribution in [2.45, 2.75) is 70.2 Å². The Hall–Kier alpha value is -2.33. The molecule has 0 unspecified atom stereocenters. The van der Waals surface area contributed by atoms with Gasteiger partial charge in [-0.2, -0.15) is 0 Å². The zero-order valence-corrected chi connectivity index (χ0v) is 18.4. The minimum Gasteiger partial charge on any atom is -0.440 e. The predicted molar refractivity (Wildman–Crippen MR) is 118 cm³/mol.